The maximum Gasteiger partial charge on any atom is 0.0972 e. The van der Waals surface area contributed by atoms with Crippen molar-refractivity contribution in [2.75, 3.05) is 27.2 Å². The van der Waals surface area contributed by atoms with Crippen molar-refractivity contribution in [1.29, 1.82) is 0 Å². The molecule has 0 aromatic rings. The second kappa shape index (κ2) is 25.2. The SMILES string of the molecule is C/C=C/C=C/C=C/C[N+](C)(C)CCCCCCCCCCCCCCCCCC.[I-]. The van der Waals surface area contributed by atoms with E-state index in [2.05, 4.69) is 57.5 Å². The van der Waals surface area contributed by atoms with Gasteiger partial charge in [0.1, 0.15) is 0 Å². The summed E-state index contributed by atoms with van der Waals surface area (Å²) in [6.07, 6.45) is 35.9. The summed E-state index contributed by atoms with van der Waals surface area (Å²) in [5.41, 5.74) is 0. The minimum atomic E-state index is 0. The molecule has 0 bridgehead atoms. The highest BCUT2D eigenvalue weighted by molar-refractivity contribution is 5.10. The molecule has 0 N–H and O–H groups in total. The van der Waals surface area contributed by atoms with Gasteiger partial charge in [0.05, 0.1) is 27.2 Å². The zero-order valence-corrected chi connectivity index (χ0v) is 23.2. The van der Waals surface area contributed by atoms with E-state index < -0.39 is 0 Å². The molecule has 0 saturated carbocycles. The molecule has 30 heavy (non-hydrogen) atoms. The van der Waals surface area contributed by atoms with Crippen molar-refractivity contribution in [3.05, 3.63) is 36.5 Å². The second-order valence-corrected chi connectivity index (χ2v) is 9.48. The van der Waals surface area contributed by atoms with Crippen LogP contribution in [0.4, 0.5) is 0 Å². The average molecular weight is 532 g/mol. The van der Waals surface area contributed by atoms with Gasteiger partial charge in [0.25, 0.3) is 0 Å². The van der Waals surface area contributed by atoms with Gasteiger partial charge < -0.3 is 28.5 Å². The third kappa shape index (κ3) is 25.9. The van der Waals surface area contributed by atoms with Crippen LogP contribution in [0.1, 0.15) is 117 Å². The molecule has 0 unspecified atom stereocenters. The lowest BCUT2D eigenvalue weighted by Crippen LogP contribution is -3.00. The fourth-order valence-corrected chi connectivity index (χ4v) is 3.84. The Hall–Kier alpha value is -0.0900. The molecule has 0 aliphatic rings. The molecule has 1 nitrogen and oxygen atoms in total. The fraction of sp³-hybridized carbons (Fsp3) is 0.786. The highest BCUT2D eigenvalue weighted by Gasteiger charge is 2.11. The maximum absolute atomic E-state index is 2.35. The fourth-order valence-electron chi connectivity index (χ4n) is 3.84. The predicted molar refractivity (Wildman–Crippen MR) is 134 cm³/mol. The number of quaternary nitrogens is 1. The van der Waals surface area contributed by atoms with Gasteiger partial charge in [0.2, 0.25) is 0 Å². The summed E-state index contributed by atoms with van der Waals surface area (Å²) in [5.74, 6) is 0. The lowest BCUT2D eigenvalue weighted by Gasteiger charge is -2.28. The van der Waals surface area contributed by atoms with Crippen molar-refractivity contribution >= 4 is 0 Å². The standard InChI is InChI=1S/C28H54N.HI/c1-5-7-9-11-13-14-15-16-17-18-19-20-21-22-24-26-28-29(3,4)27-25-23-12-10-8-6-2;/h6,8,10,12,23,25H,5,7,9,11,13-22,24,26-28H2,1-4H3;1H/q+1;/p-1/b8-6+,12-10+,25-23+;. The van der Waals surface area contributed by atoms with Gasteiger partial charge in [0.15, 0.2) is 0 Å². The minimum absolute atomic E-state index is 0. The Bertz CT molecular complexity index is 409. The molecule has 0 saturated heterocycles. The van der Waals surface area contributed by atoms with Gasteiger partial charge in [-0.05, 0) is 25.8 Å². The maximum atomic E-state index is 2.35. The molecule has 0 aliphatic carbocycles. The number of allylic oxidation sites excluding steroid dienone is 5. The number of unbranched alkanes of at least 4 members (excludes halogenated alkanes) is 15. The van der Waals surface area contributed by atoms with Crippen LogP contribution in [0, 0.1) is 0 Å². The lowest BCUT2D eigenvalue weighted by atomic mass is 10.0. The topological polar surface area (TPSA) is 0 Å². The number of hydrogen-bond donors (Lipinski definition) is 0. The van der Waals surface area contributed by atoms with Crippen molar-refractivity contribution in [3.8, 4) is 0 Å². The van der Waals surface area contributed by atoms with Gasteiger partial charge in [-0.1, -0.05) is 127 Å². The molecule has 0 atom stereocenters. The molecular formula is C28H54IN. The van der Waals surface area contributed by atoms with Crippen LogP contribution in [0.3, 0.4) is 0 Å². The van der Waals surface area contributed by atoms with Crippen LogP contribution in [0.2, 0.25) is 0 Å². The summed E-state index contributed by atoms with van der Waals surface area (Å²) in [6, 6.07) is 0. The van der Waals surface area contributed by atoms with Gasteiger partial charge in [-0.2, -0.15) is 0 Å². The predicted octanol–water partition coefficient (Wildman–Crippen LogP) is 6.02. The number of halogens is 1. The number of hydrogen-bond acceptors (Lipinski definition) is 0. The van der Waals surface area contributed by atoms with E-state index in [9.17, 15) is 0 Å². The third-order valence-corrected chi connectivity index (χ3v) is 5.88. The Kier molecular flexibility index (Phi) is 26.9. The van der Waals surface area contributed by atoms with E-state index in [-0.39, 0.29) is 24.0 Å². The molecular weight excluding hydrogens is 477 g/mol. The largest absolute Gasteiger partial charge is 1.00 e. The molecule has 0 amide bonds. The van der Waals surface area contributed by atoms with E-state index in [1.165, 1.54) is 109 Å². The van der Waals surface area contributed by atoms with Crippen LogP contribution in [-0.4, -0.2) is 31.7 Å². The summed E-state index contributed by atoms with van der Waals surface area (Å²) in [7, 11) is 4.70. The summed E-state index contributed by atoms with van der Waals surface area (Å²) >= 11 is 0. The van der Waals surface area contributed by atoms with E-state index >= 15 is 0 Å². The first-order chi connectivity index (χ1) is 14.1. The van der Waals surface area contributed by atoms with Crippen molar-refractivity contribution in [1.82, 2.24) is 0 Å². The van der Waals surface area contributed by atoms with Gasteiger partial charge in [-0.3, -0.25) is 0 Å². The minimum Gasteiger partial charge on any atom is -1.00 e. The summed E-state index contributed by atoms with van der Waals surface area (Å²) in [5, 5.41) is 0. The van der Waals surface area contributed by atoms with E-state index in [1.807, 2.05) is 6.92 Å². The molecule has 0 radical (unpaired) electrons. The van der Waals surface area contributed by atoms with Gasteiger partial charge in [0, 0.05) is 0 Å². The first-order valence-corrected chi connectivity index (χ1v) is 12.9. The first kappa shape index (κ1) is 32.1. The second-order valence-electron chi connectivity index (χ2n) is 9.48. The molecule has 0 aromatic heterocycles. The van der Waals surface area contributed by atoms with E-state index in [0.29, 0.717) is 0 Å². The Labute approximate surface area is 208 Å². The van der Waals surface area contributed by atoms with Crippen LogP contribution in [0.15, 0.2) is 36.5 Å². The molecule has 0 aromatic carbocycles. The summed E-state index contributed by atoms with van der Waals surface area (Å²) in [6.45, 7) is 6.76. The molecule has 0 rings (SSSR count). The lowest BCUT2D eigenvalue weighted by molar-refractivity contribution is -0.884. The van der Waals surface area contributed by atoms with Crippen LogP contribution in [-0.2, 0) is 0 Å². The van der Waals surface area contributed by atoms with E-state index in [4.69, 9.17) is 0 Å². The van der Waals surface area contributed by atoms with Gasteiger partial charge in [-0.25, -0.2) is 0 Å². The molecule has 178 valence electrons. The Morgan fingerprint density at radius 3 is 1.37 bits per heavy atom. The summed E-state index contributed by atoms with van der Waals surface area (Å²) in [4.78, 5) is 0. The van der Waals surface area contributed by atoms with Crippen molar-refractivity contribution in [2.45, 2.75) is 117 Å². The smallest absolute Gasteiger partial charge is 0.0972 e. The van der Waals surface area contributed by atoms with Crippen LogP contribution in [0.25, 0.3) is 0 Å². The average Bonchev–Trinajstić information content (AvgIpc) is 2.70. The van der Waals surface area contributed by atoms with Gasteiger partial charge >= 0.3 is 0 Å². The number of rotatable bonds is 21. The van der Waals surface area contributed by atoms with Crippen molar-refractivity contribution in [2.24, 2.45) is 0 Å². The van der Waals surface area contributed by atoms with Crippen LogP contribution in [0.5, 0.6) is 0 Å². The Morgan fingerprint density at radius 1 is 0.533 bits per heavy atom. The van der Waals surface area contributed by atoms with Crippen LogP contribution >= 0.6 is 0 Å². The summed E-state index contributed by atoms with van der Waals surface area (Å²) < 4.78 is 1.10. The first-order valence-electron chi connectivity index (χ1n) is 12.9. The van der Waals surface area contributed by atoms with Crippen molar-refractivity contribution < 1.29 is 28.5 Å². The zero-order chi connectivity index (χ0) is 21.5. The Morgan fingerprint density at radius 2 is 0.933 bits per heavy atom. The quantitative estimate of drug-likeness (QED) is 0.0736. The van der Waals surface area contributed by atoms with Crippen LogP contribution < -0.4 is 24.0 Å². The number of likely N-dealkylation sites (N-methyl/N-ethyl adjacent to an activating group) is 1. The van der Waals surface area contributed by atoms with E-state index in [0.717, 1.165) is 11.0 Å². The highest BCUT2D eigenvalue weighted by Crippen LogP contribution is 2.14. The number of nitrogens with zero attached hydrogens (tertiary/aromatic N) is 1. The third-order valence-electron chi connectivity index (χ3n) is 5.88. The molecule has 0 fully saturated rings. The highest BCUT2D eigenvalue weighted by atomic mass is 127. The molecule has 0 heterocycles. The normalized spacial score (nSPS) is 12.4. The molecule has 0 aliphatic heterocycles. The van der Waals surface area contributed by atoms with Crippen molar-refractivity contribution in [3.63, 3.8) is 0 Å². The Balaban J connectivity index is 0. The van der Waals surface area contributed by atoms with E-state index in [1.54, 1.807) is 0 Å². The van der Waals surface area contributed by atoms with Gasteiger partial charge in [-0.15, -0.1) is 0 Å². The monoisotopic (exact) mass is 531 g/mol. The molecule has 2 heteroatoms. The molecule has 0 spiro atoms. The zero-order valence-electron chi connectivity index (χ0n) is 21.0.